The highest BCUT2D eigenvalue weighted by atomic mass is 32.2. The van der Waals surface area contributed by atoms with Crippen molar-refractivity contribution in [3.05, 3.63) is 15.4 Å². The lowest BCUT2D eigenvalue weighted by atomic mass is 10.4. The molecule has 0 radical (unpaired) electrons. The van der Waals surface area contributed by atoms with Crippen LogP contribution in [-0.2, 0) is 10.0 Å². The van der Waals surface area contributed by atoms with Gasteiger partial charge in [-0.1, -0.05) is 11.3 Å². The summed E-state index contributed by atoms with van der Waals surface area (Å²) in [6.45, 7) is 0.0873. The predicted molar refractivity (Wildman–Crippen MR) is 56.9 cm³/mol. The zero-order valence-corrected chi connectivity index (χ0v) is 10.5. The number of halogens is 3. The molecule has 0 saturated carbocycles. The van der Waals surface area contributed by atoms with Crippen LogP contribution in [0.15, 0.2) is 9.00 Å². The van der Waals surface area contributed by atoms with Crippen LogP contribution in [0.5, 0.6) is 0 Å². The molecule has 1 heterocycles. The Balaban J connectivity index is 2.85. The van der Waals surface area contributed by atoms with Crippen LogP contribution in [0.4, 0.5) is 13.2 Å². The van der Waals surface area contributed by atoms with E-state index in [1.54, 1.807) is 4.72 Å². The number of hydrogen-bond acceptors (Lipinski definition) is 5. The lowest BCUT2D eigenvalue weighted by Crippen LogP contribution is -2.40. The van der Waals surface area contributed by atoms with Gasteiger partial charge in [0.25, 0.3) is 10.0 Å². The summed E-state index contributed by atoms with van der Waals surface area (Å²) in [6.07, 6.45) is -7.72. The van der Waals surface area contributed by atoms with E-state index in [-0.39, 0.29) is 5.69 Å². The molecule has 1 atom stereocenters. The van der Waals surface area contributed by atoms with E-state index in [4.69, 9.17) is 5.11 Å². The smallest absolute Gasteiger partial charge is 0.382 e. The van der Waals surface area contributed by atoms with Gasteiger partial charge in [-0.15, -0.1) is 0 Å². The second kappa shape index (κ2) is 4.99. The van der Waals surface area contributed by atoms with E-state index in [2.05, 4.69) is 4.98 Å². The first-order valence-corrected chi connectivity index (χ1v) is 6.78. The number of alkyl halides is 3. The van der Waals surface area contributed by atoms with Crippen molar-refractivity contribution >= 4 is 21.4 Å². The van der Waals surface area contributed by atoms with Crippen LogP contribution in [0.3, 0.4) is 0 Å². The molecule has 0 aromatic carbocycles. The molecule has 6 nitrogen and oxygen atoms in total. The Hall–Kier alpha value is -0.910. The molecule has 1 rings (SSSR count). The number of aromatic nitrogens is 1. The molecule has 1 aromatic heterocycles. The Morgan fingerprint density at radius 3 is 2.44 bits per heavy atom. The molecule has 0 aliphatic carbocycles. The van der Waals surface area contributed by atoms with Gasteiger partial charge in [-0.05, 0) is 6.92 Å². The molecule has 0 fully saturated rings. The second-order valence-corrected chi connectivity index (χ2v) is 6.28. The maximum atomic E-state index is 12.0. The van der Waals surface area contributed by atoms with Crippen molar-refractivity contribution in [1.29, 1.82) is 0 Å². The first kappa shape index (κ1) is 15.1. The third kappa shape index (κ3) is 3.54. The molecule has 0 aliphatic heterocycles. The van der Waals surface area contributed by atoms with E-state index in [9.17, 15) is 26.4 Å². The van der Waals surface area contributed by atoms with Gasteiger partial charge in [-0.3, -0.25) is 4.79 Å². The average molecular weight is 306 g/mol. The Morgan fingerprint density at radius 1 is 1.50 bits per heavy atom. The zero-order valence-electron chi connectivity index (χ0n) is 8.91. The Bertz CT molecular complexity index is 574. The number of H-pyrrole nitrogens is 1. The Labute approximate surface area is 104 Å². The number of aliphatic hydroxyl groups excluding tert-OH is 1. The number of thiazole rings is 1. The number of nitrogens with one attached hydrogen (secondary N) is 2. The highest BCUT2D eigenvalue weighted by Crippen LogP contribution is 2.20. The van der Waals surface area contributed by atoms with Gasteiger partial charge < -0.3 is 10.1 Å². The molecule has 3 N–H and O–H groups in total. The molecule has 104 valence electrons. The molecular formula is C7H9F3N2O4S2. The van der Waals surface area contributed by atoms with Gasteiger partial charge in [0.2, 0.25) is 0 Å². The summed E-state index contributed by atoms with van der Waals surface area (Å²) in [7, 11) is -4.25. The maximum absolute atomic E-state index is 12.0. The Morgan fingerprint density at radius 2 is 2.06 bits per heavy atom. The van der Waals surface area contributed by atoms with E-state index in [1.807, 2.05) is 0 Å². The van der Waals surface area contributed by atoms with Crippen LogP contribution < -0.4 is 9.60 Å². The van der Waals surface area contributed by atoms with Crippen molar-refractivity contribution < 1.29 is 26.7 Å². The van der Waals surface area contributed by atoms with Crippen LogP contribution in [0.1, 0.15) is 5.69 Å². The van der Waals surface area contributed by atoms with Gasteiger partial charge in [0, 0.05) is 12.2 Å². The third-order valence-corrected chi connectivity index (χ3v) is 4.90. The number of hydrogen-bond donors (Lipinski definition) is 3. The van der Waals surface area contributed by atoms with Gasteiger partial charge in [0.05, 0.1) is 0 Å². The van der Waals surface area contributed by atoms with Crippen molar-refractivity contribution in [3.63, 3.8) is 0 Å². The number of sulfonamides is 1. The summed E-state index contributed by atoms with van der Waals surface area (Å²) in [4.78, 5) is 12.5. The second-order valence-electron chi connectivity index (χ2n) is 3.34. The molecule has 18 heavy (non-hydrogen) atoms. The summed E-state index contributed by atoms with van der Waals surface area (Å²) in [6, 6.07) is 0. The van der Waals surface area contributed by atoms with Gasteiger partial charge in [0.1, 0.15) is 0 Å². The van der Waals surface area contributed by atoms with Gasteiger partial charge in [0.15, 0.2) is 10.3 Å². The minimum atomic E-state index is -4.91. The number of aliphatic hydroxyl groups is 1. The largest absolute Gasteiger partial charge is 0.415 e. The number of rotatable bonds is 4. The van der Waals surface area contributed by atoms with E-state index in [0.29, 0.717) is 11.3 Å². The zero-order chi connectivity index (χ0) is 14.1. The quantitative estimate of drug-likeness (QED) is 0.726. The summed E-state index contributed by atoms with van der Waals surface area (Å²) in [5.41, 5.74) is 0.0269. The topological polar surface area (TPSA) is 99.3 Å². The molecule has 0 spiro atoms. The molecule has 0 bridgehead atoms. The molecule has 1 unspecified atom stereocenters. The van der Waals surface area contributed by atoms with Crippen LogP contribution in [0.2, 0.25) is 0 Å². The van der Waals surface area contributed by atoms with Gasteiger partial charge in [-0.25, -0.2) is 13.1 Å². The first-order chi connectivity index (χ1) is 8.04. The lowest BCUT2D eigenvalue weighted by molar-refractivity contribution is -0.200. The standard InChI is InChI=1S/C7H9F3N2O4S2/c1-3-5(17-6(14)12-3)18(15,16)11-2-4(13)7(8,9)10/h4,11,13H,2H2,1H3,(H,12,14). The number of aromatic amines is 1. The SMILES string of the molecule is Cc1[nH]c(=O)sc1S(=O)(=O)NCC(O)C(F)(F)F. The summed E-state index contributed by atoms with van der Waals surface area (Å²) >= 11 is 0.356. The first-order valence-electron chi connectivity index (χ1n) is 4.48. The van der Waals surface area contributed by atoms with E-state index >= 15 is 0 Å². The molecule has 0 amide bonds. The van der Waals surface area contributed by atoms with Crippen LogP contribution in [0.25, 0.3) is 0 Å². The van der Waals surface area contributed by atoms with Crippen molar-refractivity contribution in [2.45, 2.75) is 23.4 Å². The van der Waals surface area contributed by atoms with Crippen molar-refractivity contribution in [2.75, 3.05) is 6.54 Å². The summed E-state index contributed by atoms with van der Waals surface area (Å²) in [5, 5.41) is 8.65. The predicted octanol–water partition coefficient (Wildman–Crippen LogP) is -0.0537. The third-order valence-electron chi connectivity index (χ3n) is 1.87. The average Bonchev–Trinajstić information content (AvgIpc) is 2.53. The molecule has 11 heteroatoms. The minimum absolute atomic E-state index is 0.0269. The monoisotopic (exact) mass is 306 g/mol. The van der Waals surface area contributed by atoms with E-state index in [1.165, 1.54) is 6.92 Å². The normalized spacial score (nSPS) is 14.7. The molecule has 1 aromatic rings. The van der Waals surface area contributed by atoms with E-state index < -0.39 is 37.9 Å². The number of aryl methyl sites for hydroxylation is 1. The fourth-order valence-electron chi connectivity index (χ4n) is 1.02. The highest BCUT2D eigenvalue weighted by Gasteiger charge is 2.39. The molecule has 0 saturated heterocycles. The van der Waals surface area contributed by atoms with Gasteiger partial charge in [-0.2, -0.15) is 13.2 Å². The molecular weight excluding hydrogens is 297 g/mol. The summed E-state index contributed by atoms with van der Waals surface area (Å²) in [5.74, 6) is 0. The molecule has 0 aliphatic rings. The van der Waals surface area contributed by atoms with Gasteiger partial charge >= 0.3 is 11.0 Å². The minimum Gasteiger partial charge on any atom is -0.382 e. The van der Waals surface area contributed by atoms with Crippen molar-refractivity contribution in [3.8, 4) is 0 Å². The van der Waals surface area contributed by atoms with Crippen molar-refractivity contribution in [2.24, 2.45) is 0 Å². The highest BCUT2D eigenvalue weighted by molar-refractivity contribution is 7.91. The fraction of sp³-hybridized carbons (Fsp3) is 0.571. The lowest BCUT2D eigenvalue weighted by Gasteiger charge is -2.14. The maximum Gasteiger partial charge on any atom is 0.415 e. The van der Waals surface area contributed by atoms with E-state index in [0.717, 1.165) is 0 Å². The van der Waals surface area contributed by atoms with Crippen LogP contribution in [-0.4, -0.2) is 37.3 Å². The van der Waals surface area contributed by atoms with Crippen molar-refractivity contribution in [1.82, 2.24) is 9.71 Å². The summed E-state index contributed by atoms with van der Waals surface area (Å²) < 4.78 is 60.2. The van der Waals surface area contributed by atoms with Crippen LogP contribution in [0, 0.1) is 6.92 Å². The van der Waals surface area contributed by atoms with Crippen LogP contribution >= 0.6 is 11.3 Å². The Kier molecular flexibility index (Phi) is 4.20. The fourth-order valence-corrected chi connectivity index (χ4v) is 3.40.